The average molecular weight is 416 g/mol. The molecule has 7 nitrogen and oxygen atoms in total. The van der Waals surface area contributed by atoms with E-state index < -0.39 is 11.7 Å². The van der Waals surface area contributed by atoms with E-state index in [4.69, 9.17) is 0 Å². The first kappa shape index (κ1) is 20.2. The van der Waals surface area contributed by atoms with E-state index in [1.807, 2.05) is 32.9 Å². The van der Waals surface area contributed by atoms with Crippen LogP contribution in [0.15, 0.2) is 60.7 Å². The van der Waals surface area contributed by atoms with Crippen LogP contribution in [0.5, 0.6) is 0 Å². The van der Waals surface area contributed by atoms with Crippen molar-refractivity contribution in [3.05, 3.63) is 89.0 Å². The number of carbonyl (C=O) groups is 1. The van der Waals surface area contributed by atoms with Gasteiger partial charge in [-0.25, -0.2) is 9.07 Å². The van der Waals surface area contributed by atoms with Crippen LogP contribution in [0.2, 0.25) is 0 Å². The van der Waals surface area contributed by atoms with Crippen molar-refractivity contribution in [1.82, 2.24) is 20.0 Å². The summed E-state index contributed by atoms with van der Waals surface area (Å²) in [6.45, 7) is 5.99. The Morgan fingerprint density at radius 3 is 2.23 bits per heavy atom. The lowest BCUT2D eigenvalue weighted by Crippen LogP contribution is -2.13. The van der Waals surface area contributed by atoms with Gasteiger partial charge in [-0.15, -0.1) is 10.2 Å². The Morgan fingerprint density at radius 1 is 0.903 bits per heavy atom. The van der Waals surface area contributed by atoms with Gasteiger partial charge in [0.15, 0.2) is 11.6 Å². The molecule has 0 unspecified atom stereocenters. The zero-order chi connectivity index (χ0) is 22.0. The van der Waals surface area contributed by atoms with Crippen LogP contribution in [-0.2, 0) is 0 Å². The minimum Gasteiger partial charge on any atom is -0.339 e. The number of nitrogens with zero attached hydrogens (tertiary/aromatic N) is 4. The number of carbonyl (C=O) groups excluding carboxylic acids is 1. The lowest BCUT2D eigenvalue weighted by molar-refractivity contribution is 0.102. The molecule has 31 heavy (non-hydrogen) atoms. The van der Waals surface area contributed by atoms with Gasteiger partial charge in [0.2, 0.25) is 0 Å². The highest BCUT2D eigenvalue weighted by atomic mass is 19.1. The molecule has 8 heteroatoms. The quantitative estimate of drug-likeness (QED) is 0.492. The fourth-order valence-corrected chi connectivity index (χ4v) is 3.08. The van der Waals surface area contributed by atoms with E-state index in [0.717, 1.165) is 22.6 Å². The molecule has 4 rings (SSSR count). The van der Waals surface area contributed by atoms with E-state index in [0.29, 0.717) is 17.3 Å². The maximum Gasteiger partial charge on any atom is 0.258 e. The molecule has 0 fully saturated rings. The average Bonchev–Trinajstić information content (AvgIpc) is 3.03. The SMILES string of the molecule is Cc1nn(-c2ccc(Nc3ccc(NC(=O)c4ccccc4F)cc3)nn2)c(C)c1C. The predicted octanol–water partition coefficient (Wildman–Crippen LogP) is 4.72. The van der Waals surface area contributed by atoms with Gasteiger partial charge < -0.3 is 10.6 Å². The topological polar surface area (TPSA) is 84.7 Å². The van der Waals surface area contributed by atoms with E-state index in [2.05, 4.69) is 25.9 Å². The highest BCUT2D eigenvalue weighted by Crippen LogP contribution is 2.20. The van der Waals surface area contributed by atoms with Gasteiger partial charge in [-0.2, -0.15) is 5.10 Å². The zero-order valence-electron chi connectivity index (χ0n) is 17.3. The van der Waals surface area contributed by atoms with Crippen molar-refractivity contribution in [3.63, 3.8) is 0 Å². The summed E-state index contributed by atoms with van der Waals surface area (Å²) in [5.74, 6) is 0.159. The first-order valence-electron chi connectivity index (χ1n) is 9.72. The lowest BCUT2D eigenvalue weighted by atomic mass is 10.2. The molecule has 2 heterocycles. The van der Waals surface area contributed by atoms with E-state index in [1.54, 1.807) is 41.1 Å². The molecule has 4 aromatic rings. The second-order valence-corrected chi connectivity index (χ2v) is 7.12. The summed E-state index contributed by atoms with van der Waals surface area (Å²) in [5, 5.41) is 18.8. The van der Waals surface area contributed by atoms with Gasteiger partial charge in [-0.05, 0) is 74.9 Å². The number of aryl methyl sites for hydroxylation is 1. The van der Waals surface area contributed by atoms with E-state index >= 15 is 0 Å². The minimum absolute atomic E-state index is 0.00197. The molecule has 156 valence electrons. The Morgan fingerprint density at radius 2 is 1.61 bits per heavy atom. The van der Waals surface area contributed by atoms with Crippen LogP contribution in [0.1, 0.15) is 27.3 Å². The first-order valence-corrected chi connectivity index (χ1v) is 9.72. The van der Waals surface area contributed by atoms with Gasteiger partial charge >= 0.3 is 0 Å². The van der Waals surface area contributed by atoms with Crippen LogP contribution in [0.25, 0.3) is 5.82 Å². The van der Waals surface area contributed by atoms with Crippen LogP contribution in [0.4, 0.5) is 21.6 Å². The van der Waals surface area contributed by atoms with Crippen molar-refractivity contribution in [3.8, 4) is 5.82 Å². The molecule has 2 aromatic carbocycles. The molecule has 0 saturated carbocycles. The molecule has 0 aliphatic carbocycles. The lowest BCUT2D eigenvalue weighted by Gasteiger charge is -2.09. The first-order chi connectivity index (χ1) is 14.9. The number of hydrogen-bond acceptors (Lipinski definition) is 5. The Labute approximate surface area is 179 Å². The standard InChI is InChI=1S/C23H21FN6O/c1-14-15(2)29-30(16(14)3)22-13-12-21(27-28-22)25-17-8-10-18(11-9-17)26-23(31)19-6-4-5-7-20(19)24/h4-13H,1-3H3,(H,25,27)(H,26,31). The molecule has 0 aliphatic rings. The van der Waals surface area contributed by atoms with Crippen LogP contribution in [0.3, 0.4) is 0 Å². The molecule has 2 N–H and O–H groups in total. The Balaban J connectivity index is 1.42. The third kappa shape index (κ3) is 4.28. The van der Waals surface area contributed by atoms with Crippen LogP contribution in [0, 0.1) is 26.6 Å². The smallest absolute Gasteiger partial charge is 0.258 e. The van der Waals surface area contributed by atoms with Crippen molar-refractivity contribution in [1.29, 1.82) is 0 Å². The fraction of sp³-hybridized carbons (Fsp3) is 0.130. The summed E-state index contributed by atoms with van der Waals surface area (Å²) in [4.78, 5) is 12.2. The largest absolute Gasteiger partial charge is 0.339 e. The van der Waals surface area contributed by atoms with Crippen LogP contribution < -0.4 is 10.6 Å². The maximum atomic E-state index is 13.7. The van der Waals surface area contributed by atoms with E-state index in [1.165, 1.54) is 12.1 Å². The summed E-state index contributed by atoms with van der Waals surface area (Å²) < 4.78 is 15.5. The fourth-order valence-electron chi connectivity index (χ4n) is 3.08. The Bertz CT molecular complexity index is 1230. The van der Waals surface area contributed by atoms with Gasteiger partial charge in [0.1, 0.15) is 5.82 Å². The van der Waals surface area contributed by atoms with Crippen molar-refractivity contribution < 1.29 is 9.18 Å². The summed E-state index contributed by atoms with van der Waals surface area (Å²) in [5.41, 5.74) is 4.45. The van der Waals surface area contributed by atoms with Crippen molar-refractivity contribution >= 4 is 23.1 Å². The van der Waals surface area contributed by atoms with Crippen LogP contribution in [-0.4, -0.2) is 25.9 Å². The van der Waals surface area contributed by atoms with Crippen LogP contribution >= 0.6 is 0 Å². The molecular formula is C23H21FN6O. The zero-order valence-corrected chi connectivity index (χ0v) is 17.3. The predicted molar refractivity (Wildman–Crippen MR) is 117 cm³/mol. The monoisotopic (exact) mass is 416 g/mol. The molecule has 2 aromatic heterocycles. The molecule has 0 bridgehead atoms. The molecule has 0 aliphatic heterocycles. The van der Waals surface area contributed by atoms with E-state index in [-0.39, 0.29) is 5.56 Å². The van der Waals surface area contributed by atoms with Crippen molar-refractivity contribution in [2.75, 3.05) is 10.6 Å². The second-order valence-electron chi connectivity index (χ2n) is 7.12. The molecule has 1 amide bonds. The number of nitrogens with one attached hydrogen (secondary N) is 2. The number of aromatic nitrogens is 4. The van der Waals surface area contributed by atoms with Gasteiger partial charge in [0.05, 0.1) is 11.3 Å². The Kier molecular flexibility index (Phi) is 5.44. The molecule has 0 saturated heterocycles. The summed E-state index contributed by atoms with van der Waals surface area (Å²) in [6, 6.07) is 16.5. The number of halogens is 1. The minimum atomic E-state index is -0.559. The number of hydrogen-bond donors (Lipinski definition) is 2. The summed E-state index contributed by atoms with van der Waals surface area (Å²) in [7, 11) is 0. The maximum absolute atomic E-state index is 13.7. The number of amides is 1. The third-order valence-electron chi connectivity index (χ3n) is 5.05. The Hall–Kier alpha value is -4.07. The van der Waals surface area contributed by atoms with Gasteiger partial charge in [0.25, 0.3) is 5.91 Å². The number of benzene rings is 2. The molecule has 0 atom stereocenters. The normalized spacial score (nSPS) is 10.7. The number of anilines is 3. The van der Waals surface area contributed by atoms with E-state index in [9.17, 15) is 9.18 Å². The summed E-state index contributed by atoms with van der Waals surface area (Å²) in [6.07, 6.45) is 0. The van der Waals surface area contributed by atoms with Gasteiger partial charge in [-0.3, -0.25) is 4.79 Å². The third-order valence-corrected chi connectivity index (χ3v) is 5.05. The summed E-state index contributed by atoms with van der Waals surface area (Å²) >= 11 is 0. The molecule has 0 spiro atoms. The second kappa shape index (κ2) is 8.35. The van der Waals surface area contributed by atoms with Crippen molar-refractivity contribution in [2.24, 2.45) is 0 Å². The van der Waals surface area contributed by atoms with Crippen molar-refractivity contribution in [2.45, 2.75) is 20.8 Å². The molecular weight excluding hydrogens is 395 g/mol. The highest BCUT2D eigenvalue weighted by molar-refractivity contribution is 6.04. The number of rotatable bonds is 5. The highest BCUT2D eigenvalue weighted by Gasteiger charge is 2.12. The molecule has 0 radical (unpaired) electrons. The van der Waals surface area contributed by atoms with Gasteiger partial charge in [0, 0.05) is 17.1 Å². The van der Waals surface area contributed by atoms with Gasteiger partial charge in [-0.1, -0.05) is 12.1 Å².